The number of halogens is 1. The maximum atomic E-state index is 12.3. The van der Waals surface area contributed by atoms with Crippen LogP contribution in [-0.2, 0) is 4.79 Å². The summed E-state index contributed by atoms with van der Waals surface area (Å²) < 4.78 is 5.88. The zero-order valence-electron chi connectivity index (χ0n) is 13.4. The molecule has 0 radical (unpaired) electrons. The molecule has 0 saturated carbocycles. The molecule has 0 N–H and O–H groups in total. The van der Waals surface area contributed by atoms with E-state index in [-0.39, 0.29) is 24.5 Å². The molecule has 1 aromatic carbocycles. The zero-order valence-corrected chi connectivity index (χ0v) is 14.2. The lowest BCUT2D eigenvalue weighted by Crippen LogP contribution is -2.45. The lowest BCUT2D eigenvalue weighted by molar-refractivity contribution is -0.138. The van der Waals surface area contributed by atoms with Crippen LogP contribution in [0.25, 0.3) is 0 Å². The second kappa shape index (κ2) is 10.5. The van der Waals surface area contributed by atoms with Gasteiger partial charge in [0.2, 0.25) is 5.91 Å². The first-order valence-corrected chi connectivity index (χ1v) is 7.32. The largest absolute Gasteiger partial charge is 0.470 e. The van der Waals surface area contributed by atoms with E-state index in [1.54, 1.807) is 4.90 Å². The van der Waals surface area contributed by atoms with Crippen molar-refractivity contribution in [3.8, 4) is 5.75 Å². The number of amides is 1. The Morgan fingerprint density at radius 1 is 1.14 bits per heavy atom. The highest BCUT2D eigenvalue weighted by molar-refractivity contribution is 5.85. The monoisotopic (exact) mass is 314 g/mol. The van der Waals surface area contributed by atoms with Gasteiger partial charge >= 0.3 is 0 Å². The summed E-state index contributed by atoms with van der Waals surface area (Å²) in [5.41, 5.74) is 0. The van der Waals surface area contributed by atoms with Gasteiger partial charge in [-0.05, 0) is 25.2 Å². The number of carbonyl (C=O) groups is 1. The van der Waals surface area contributed by atoms with Crippen molar-refractivity contribution < 1.29 is 9.53 Å². The molecular formula is C16H27ClN2O2. The molecule has 5 heteroatoms. The van der Waals surface area contributed by atoms with Gasteiger partial charge in [0, 0.05) is 13.5 Å². The molecule has 0 aliphatic heterocycles. The molecule has 0 aliphatic carbocycles. The van der Waals surface area contributed by atoms with Gasteiger partial charge in [-0.25, -0.2) is 0 Å². The highest BCUT2D eigenvalue weighted by Crippen LogP contribution is 2.14. The van der Waals surface area contributed by atoms with E-state index in [0.29, 0.717) is 6.54 Å². The highest BCUT2D eigenvalue weighted by atomic mass is 35.5. The van der Waals surface area contributed by atoms with Gasteiger partial charge in [0.05, 0.1) is 6.54 Å². The third-order valence-corrected chi connectivity index (χ3v) is 3.44. The van der Waals surface area contributed by atoms with E-state index in [1.165, 1.54) is 0 Å². The molecule has 0 saturated heterocycles. The van der Waals surface area contributed by atoms with Gasteiger partial charge in [-0.15, -0.1) is 12.4 Å². The van der Waals surface area contributed by atoms with E-state index in [1.807, 2.05) is 44.3 Å². The molecule has 21 heavy (non-hydrogen) atoms. The minimum Gasteiger partial charge on any atom is -0.470 e. The van der Waals surface area contributed by atoms with E-state index in [9.17, 15) is 4.79 Å². The summed E-state index contributed by atoms with van der Waals surface area (Å²) in [6.45, 7) is 8.36. The van der Waals surface area contributed by atoms with Crippen LogP contribution < -0.4 is 4.74 Å². The van der Waals surface area contributed by atoms with Crippen LogP contribution in [-0.4, -0.2) is 48.6 Å². The molecule has 0 fully saturated rings. The summed E-state index contributed by atoms with van der Waals surface area (Å²) in [5.74, 6) is 0.887. The molecule has 1 rings (SSSR count). The summed E-state index contributed by atoms with van der Waals surface area (Å²) >= 11 is 0. The van der Waals surface area contributed by atoms with E-state index in [2.05, 4.69) is 18.7 Å². The first-order chi connectivity index (χ1) is 9.62. The highest BCUT2D eigenvalue weighted by Gasteiger charge is 2.21. The van der Waals surface area contributed by atoms with Crippen molar-refractivity contribution in [3.05, 3.63) is 30.3 Å². The van der Waals surface area contributed by atoms with E-state index >= 15 is 0 Å². The number of hydrogen-bond acceptors (Lipinski definition) is 3. The summed E-state index contributed by atoms with van der Waals surface area (Å²) in [6.07, 6.45) is 0.538. The van der Waals surface area contributed by atoms with Gasteiger partial charge in [0.15, 0.2) is 6.23 Å². The Bertz CT molecular complexity index is 397. The third kappa shape index (κ3) is 6.36. The van der Waals surface area contributed by atoms with Crippen LogP contribution in [0.1, 0.15) is 27.2 Å². The predicted octanol–water partition coefficient (Wildman–Crippen LogP) is 3.02. The number of carbonyl (C=O) groups excluding carboxylic acids is 1. The molecule has 0 aromatic heterocycles. The maximum Gasteiger partial charge on any atom is 0.239 e. The number of hydrogen-bond donors (Lipinski definition) is 0. The molecule has 0 spiro atoms. The fraction of sp³-hybridized carbons (Fsp3) is 0.562. The number of para-hydroxylation sites is 1. The number of rotatable bonds is 8. The maximum absolute atomic E-state index is 12.3. The molecular weight excluding hydrogens is 288 g/mol. The molecule has 1 atom stereocenters. The smallest absolute Gasteiger partial charge is 0.239 e. The first-order valence-electron chi connectivity index (χ1n) is 7.32. The Morgan fingerprint density at radius 2 is 1.71 bits per heavy atom. The summed E-state index contributed by atoms with van der Waals surface area (Å²) in [4.78, 5) is 16.1. The van der Waals surface area contributed by atoms with Gasteiger partial charge < -0.3 is 9.64 Å². The van der Waals surface area contributed by atoms with Crippen molar-refractivity contribution in [1.82, 2.24) is 9.80 Å². The summed E-state index contributed by atoms with van der Waals surface area (Å²) in [7, 11) is 1.81. The second-order valence-electron chi connectivity index (χ2n) is 4.76. The molecule has 1 amide bonds. The number of nitrogens with zero attached hydrogens (tertiary/aromatic N) is 2. The summed E-state index contributed by atoms with van der Waals surface area (Å²) in [6, 6.07) is 9.62. The number of benzene rings is 1. The number of ether oxygens (including phenoxy) is 1. The van der Waals surface area contributed by atoms with Gasteiger partial charge in [-0.2, -0.15) is 0 Å². The van der Waals surface area contributed by atoms with Crippen molar-refractivity contribution in [2.45, 2.75) is 33.4 Å². The molecule has 4 nitrogen and oxygen atoms in total. The Balaban J connectivity index is 0.00000400. The average molecular weight is 315 g/mol. The van der Waals surface area contributed by atoms with Gasteiger partial charge in [-0.1, -0.05) is 39.0 Å². The molecule has 0 aliphatic rings. The SMILES string of the molecule is CCC(Oc1ccccc1)N(C)C(=O)CN(CC)CC.Cl. The van der Waals surface area contributed by atoms with Gasteiger partial charge in [0.25, 0.3) is 0 Å². The fourth-order valence-corrected chi connectivity index (χ4v) is 2.00. The fourth-order valence-electron chi connectivity index (χ4n) is 2.00. The molecule has 0 bridgehead atoms. The second-order valence-corrected chi connectivity index (χ2v) is 4.76. The summed E-state index contributed by atoms with van der Waals surface area (Å²) in [5, 5.41) is 0. The quantitative estimate of drug-likeness (QED) is 0.691. The van der Waals surface area contributed by atoms with Crippen LogP contribution in [0.4, 0.5) is 0 Å². The third-order valence-electron chi connectivity index (χ3n) is 3.44. The van der Waals surface area contributed by atoms with Crippen LogP contribution in [0.2, 0.25) is 0 Å². The van der Waals surface area contributed by atoms with Crippen LogP contribution in [0, 0.1) is 0 Å². The Labute approximate surface area is 134 Å². The van der Waals surface area contributed by atoms with Crippen molar-refractivity contribution in [2.24, 2.45) is 0 Å². The normalized spacial score (nSPS) is 11.7. The van der Waals surface area contributed by atoms with E-state index in [0.717, 1.165) is 25.3 Å². The lowest BCUT2D eigenvalue weighted by atomic mass is 10.3. The first kappa shape index (κ1) is 19.7. The molecule has 0 heterocycles. The number of likely N-dealkylation sites (N-methyl/N-ethyl adjacent to an activating group) is 2. The van der Waals surface area contributed by atoms with Crippen molar-refractivity contribution in [1.29, 1.82) is 0 Å². The van der Waals surface area contributed by atoms with Gasteiger partial charge in [-0.3, -0.25) is 9.69 Å². The minimum atomic E-state index is -0.222. The van der Waals surface area contributed by atoms with Crippen LogP contribution in [0.5, 0.6) is 5.75 Å². The Morgan fingerprint density at radius 3 is 2.19 bits per heavy atom. The Kier molecular flexibility index (Phi) is 9.84. The predicted molar refractivity (Wildman–Crippen MR) is 89.0 cm³/mol. The van der Waals surface area contributed by atoms with Gasteiger partial charge in [0.1, 0.15) is 5.75 Å². The van der Waals surface area contributed by atoms with Crippen molar-refractivity contribution in [3.63, 3.8) is 0 Å². The van der Waals surface area contributed by atoms with Crippen LogP contribution >= 0.6 is 12.4 Å². The average Bonchev–Trinajstić information content (AvgIpc) is 2.50. The minimum absolute atomic E-state index is 0. The molecule has 1 unspecified atom stereocenters. The van der Waals surface area contributed by atoms with E-state index in [4.69, 9.17) is 4.74 Å². The van der Waals surface area contributed by atoms with Crippen LogP contribution in [0.3, 0.4) is 0 Å². The van der Waals surface area contributed by atoms with E-state index < -0.39 is 0 Å². The molecule has 120 valence electrons. The van der Waals surface area contributed by atoms with Crippen molar-refractivity contribution >= 4 is 18.3 Å². The van der Waals surface area contributed by atoms with Crippen LogP contribution in [0.15, 0.2) is 30.3 Å². The topological polar surface area (TPSA) is 32.8 Å². The molecule has 1 aromatic rings. The van der Waals surface area contributed by atoms with Crippen molar-refractivity contribution in [2.75, 3.05) is 26.7 Å². The zero-order chi connectivity index (χ0) is 15.0. The lowest BCUT2D eigenvalue weighted by Gasteiger charge is -2.29. The Hall–Kier alpha value is -1.26. The standard InChI is InChI=1S/C16H26N2O2.ClH/c1-5-16(20-14-11-9-8-10-12-14)17(4)15(19)13-18(6-2)7-3;/h8-12,16H,5-7,13H2,1-4H3;1H.